The number of hydrogen-bond acceptors (Lipinski definition) is 3. The van der Waals surface area contributed by atoms with Gasteiger partial charge in [0.15, 0.2) is 0 Å². The number of nitrogens with zero attached hydrogens (tertiary/aromatic N) is 4. The van der Waals surface area contributed by atoms with E-state index in [0.717, 1.165) is 34.2 Å². The fourth-order valence-corrected chi connectivity index (χ4v) is 3.93. The van der Waals surface area contributed by atoms with Gasteiger partial charge in [-0.3, -0.25) is 9.91 Å². The first-order valence-corrected chi connectivity index (χ1v) is 9.56. The first kappa shape index (κ1) is 16.6. The molecule has 2 heterocycles. The van der Waals surface area contributed by atoms with Gasteiger partial charge in [0.25, 0.3) is 0 Å². The van der Waals surface area contributed by atoms with Crippen LogP contribution in [0.15, 0.2) is 91.0 Å². The first-order chi connectivity index (χ1) is 13.8. The highest BCUT2D eigenvalue weighted by molar-refractivity contribution is 5.83. The molecule has 1 atom stereocenters. The van der Waals surface area contributed by atoms with Gasteiger partial charge in [-0.1, -0.05) is 78.9 Å². The summed E-state index contributed by atoms with van der Waals surface area (Å²) in [6.45, 7) is 2.21. The number of benzene rings is 3. The van der Waals surface area contributed by atoms with E-state index in [-0.39, 0.29) is 6.17 Å². The molecule has 4 nitrogen and oxygen atoms in total. The molecule has 0 N–H and O–H groups in total. The maximum absolute atomic E-state index is 5.14. The summed E-state index contributed by atoms with van der Waals surface area (Å²) in [6, 6.07) is 31.4. The molecule has 138 valence electrons. The first-order valence-electron chi connectivity index (χ1n) is 9.56. The van der Waals surface area contributed by atoms with E-state index < -0.39 is 0 Å². The fraction of sp³-hybridized carbons (Fsp3) is 0.125. The lowest BCUT2D eigenvalue weighted by molar-refractivity contribution is 0.626. The van der Waals surface area contributed by atoms with Crippen LogP contribution in [0.4, 0.5) is 11.6 Å². The summed E-state index contributed by atoms with van der Waals surface area (Å²) in [4.78, 5) is 7.43. The molecule has 4 heteroatoms. The maximum Gasteiger partial charge on any atom is 0.232 e. The molecular formula is C24H22N4. The Kier molecular flexibility index (Phi) is 3.90. The molecule has 5 rings (SSSR count). The number of aromatic nitrogens is 2. The third-order valence-corrected chi connectivity index (χ3v) is 5.41. The molecule has 0 amide bonds. The number of anilines is 2. The topological polar surface area (TPSA) is 24.3 Å². The van der Waals surface area contributed by atoms with Crippen molar-refractivity contribution in [2.45, 2.75) is 13.1 Å². The van der Waals surface area contributed by atoms with Gasteiger partial charge in [0, 0.05) is 23.9 Å². The third kappa shape index (κ3) is 2.49. The van der Waals surface area contributed by atoms with Crippen LogP contribution in [0.3, 0.4) is 0 Å². The van der Waals surface area contributed by atoms with Gasteiger partial charge in [-0.2, -0.15) is 0 Å². The van der Waals surface area contributed by atoms with E-state index in [1.54, 1.807) is 0 Å². The summed E-state index contributed by atoms with van der Waals surface area (Å²) < 4.78 is 2.25. The standard InChI is InChI=1S/C24H22N4/c1-18-26(2)28-23(20-14-8-4-9-15-20)22(19-12-6-3-7-13-19)25-24(28)27(18)21-16-10-5-11-17-21/h3-18H,1-2H3. The van der Waals surface area contributed by atoms with E-state index in [1.807, 2.05) is 12.1 Å². The molecular weight excluding hydrogens is 344 g/mol. The van der Waals surface area contributed by atoms with E-state index in [4.69, 9.17) is 4.98 Å². The molecule has 0 bridgehead atoms. The third-order valence-electron chi connectivity index (χ3n) is 5.41. The van der Waals surface area contributed by atoms with Crippen LogP contribution >= 0.6 is 0 Å². The lowest BCUT2D eigenvalue weighted by Gasteiger charge is -2.27. The summed E-state index contributed by atoms with van der Waals surface area (Å²) in [5.41, 5.74) is 5.55. The Morgan fingerprint density at radius 2 is 1.25 bits per heavy atom. The molecule has 1 aromatic heterocycles. The highest BCUT2D eigenvalue weighted by Crippen LogP contribution is 2.42. The van der Waals surface area contributed by atoms with Crippen LogP contribution in [0, 0.1) is 0 Å². The average Bonchev–Trinajstić information content (AvgIpc) is 3.25. The number of rotatable bonds is 3. The van der Waals surface area contributed by atoms with Crippen molar-refractivity contribution in [1.29, 1.82) is 0 Å². The lowest BCUT2D eigenvalue weighted by atomic mass is 10.1. The molecule has 1 aliphatic heterocycles. The van der Waals surface area contributed by atoms with Crippen molar-refractivity contribution in [2.75, 3.05) is 17.0 Å². The number of hydrogen-bond donors (Lipinski definition) is 0. The van der Waals surface area contributed by atoms with Crippen molar-refractivity contribution in [3.05, 3.63) is 91.0 Å². The Balaban J connectivity index is 1.78. The molecule has 0 radical (unpaired) electrons. The number of imidazole rings is 1. The fourth-order valence-electron chi connectivity index (χ4n) is 3.93. The van der Waals surface area contributed by atoms with Gasteiger partial charge in [0.05, 0.1) is 5.69 Å². The Hall–Kier alpha value is -3.53. The minimum absolute atomic E-state index is 0.164. The second-order valence-electron chi connectivity index (χ2n) is 7.06. The minimum Gasteiger partial charge on any atom is -0.290 e. The Morgan fingerprint density at radius 3 is 1.86 bits per heavy atom. The van der Waals surface area contributed by atoms with Gasteiger partial charge < -0.3 is 0 Å². The quantitative estimate of drug-likeness (QED) is 0.493. The van der Waals surface area contributed by atoms with E-state index in [1.165, 1.54) is 0 Å². The molecule has 0 saturated heterocycles. The molecule has 0 fully saturated rings. The van der Waals surface area contributed by atoms with Crippen LogP contribution in [0.1, 0.15) is 6.92 Å². The van der Waals surface area contributed by atoms with Crippen molar-refractivity contribution >= 4 is 11.6 Å². The van der Waals surface area contributed by atoms with Crippen LogP contribution in [-0.4, -0.2) is 22.9 Å². The van der Waals surface area contributed by atoms with Crippen LogP contribution in [-0.2, 0) is 0 Å². The van der Waals surface area contributed by atoms with E-state index in [2.05, 4.69) is 107 Å². The summed E-state index contributed by atoms with van der Waals surface area (Å²) in [5, 5.41) is 2.25. The van der Waals surface area contributed by atoms with Crippen molar-refractivity contribution in [2.24, 2.45) is 0 Å². The van der Waals surface area contributed by atoms with Gasteiger partial charge in [-0.15, -0.1) is 0 Å². The van der Waals surface area contributed by atoms with E-state index >= 15 is 0 Å². The monoisotopic (exact) mass is 366 g/mol. The van der Waals surface area contributed by atoms with Gasteiger partial charge >= 0.3 is 0 Å². The number of fused-ring (bicyclic) bond motifs is 1. The SMILES string of the molecule is CC1N(c2ccccc2)c2nc(-c3ccccc3)c(-c3ccccc3)n2N1C. The molecule has 3 aromatic carbocycles. The predicted octanol–water partition coefficient (Wildman–Crippen LogP) is 5.28. The van der Waals surface area contributed by atoms with Gasteiger partial charge in [-0.25, -0.2) is 9.66 Å². The smallest absolute Gasteiger partial charge is 0.232 e. The summed E-state index contributed by atoms with van der Waals surface area (Å²) in [7, 11) is 2.12. The highest BCUT2D eigenvalue weighted by Gasteiger charge is 2.37. The Bertz CT molecular complexity index is 1090. The average molecular weight is 366 g/mol. The van der Waals surface area contributed by atoms with Gasteiger partial charge in [0.1, 0.15) is 11.9 Å². The minimum atomic E-state index is 0.164. The molecule has 0 spiro atoms. The predicted molar refractivity (Wildman–Crippen MR) is 115 cm³/mol. The van der Waals surface area contributed by atoms with E-state index in [9.17, 15) is 0 Å². The summed E-state index contributed by atoms with van der Waals surface area (Å²) >= 11 is 0. The molecule has 4 aromatic rings. The molecule has 0 aliphatic carbocycles. The highest BCUT2D eigenvalue weighted by atomic mass is 15.7. The second-order valence-corrected chi connectivity index (χ2v) is 7.06. The largest absolute Gasteiger partial charge is 0.290 e. The Labute approximate surface area is 165 Å². The molecule has 0 saturated carbocycles. The van der Waals surface area contributed by atoms with Crippen LogP contribution in [0.5, 0.6) is 0 Å². The van der Waals surface area contributed by atoms with Crippen LogP contribution in [0.25, 0.3) is 22.5 Å². The second kappa shape index (κ2) is 6.57. The lowest BCUT2D eigenvalue weighted by Crippen LogP contribution is -2.39. The van der Waals surface area contributed by atoms with E-state index in [0.29, 0.717) is 0 Å². The van der Waals surface area contributed by atoms with Crippen molar-refractivity contribution in [3.8, 4) is 22.5 Å². The summed E-state index contributed by atoms with van der Waals surface area (Å²) in [5.74, 6) is 0.943. The summed E-state index contributed by atoms with van der Waals surface area (Å²) in [6.07, 6.45) is 0.164. The van der Waals surface area contributed by atoms with Crippen molar-refractivity contribution in [3.63, 3.8) is 0 Å². The number of para-hydroxylation sites is 1. The Morgan fingerprint density at radius 1 is 0.714 bits per heavy atom. The van der Waals surface area contributed by atoms with Crippen molar-refractivity contribution in [1.82, 2.24) is 9.66 Å². The molecule has 1 unspecified atom stereocenters. The van der Waals surface area contributed by atoms with Crippen LogP contribution in [0.2, 0.25) is 0 Å². The van der Waals surface area contributed by atoms with Gasteiger partial charge in [-0.05, 0) is 19.1 Å². The molecule has 1 aliphatic rings. The molecule has 28 heavy (non-hydrogen) atoms. The zero-order valence-corrected chi connectivity index (χ0v) is 16.0. The van der Waals surface area contributed by atoms with Crippen LogP contribution < -0.4 is 9.91 Å². The normalized spacial score (nSPS) is 15.7. The van der Waals surface area contributed by atoms with Crippen molar-refractivity contribution < 1.29 is 0 Å². The zero-order chi connectivity index (χ0) is 19.1. The maximum atomic E-state index is 5.14. The zero-order valence-electron chi connectivity index (χ0n) is 16.0. The van der Waals surface area contributed by atoms with Gasteiger partial charge in [0.2, 0.25) is 5.95 Å².